The predicted molar refractivity (Wildman–Crippen MR) is 53.0 cm³/mol. The number of allylic oxidation sites excluding steroid dienone is 4. The van der Waals surface area contributed by atoms with Crippen LogP contribution in [0.2, 0.25) is 0 Å². The highest BCUT2D eigenvalue weighted by molar-refractivity contribution is 5.40. The van der Waals surface area contributed by atoms with E-state index in [2.05, 4.69) is 32.9 Å². The summed E-state index contributed by atoms with van der Waals surface area (Å²) in [5.74, 6) is 0.825. The molecule has 0 amide bonds. The van der Waals surface area contributed by atoms with Crippen molar-refractivity contribution in [2.45, 2.75) is 40.0 Å². The van der Waals surface area contributed by atoms with E-state index in [9.17, 15) is 0 Å². The van der Waals surface area contributed by atoms with Gasteiger partial charge in [0.15, 0.2) is 0 Å². The second-order valence-electron chi connectivity index (χ2n) is 5.12. The summed E-state index contributed by atoms with van der Waals surface area (Å²) in [7, 11) is 0. The van der Waals surface area contributed by atoms with E-state index in [-0.39, 0.29) is 0 Å². The van der Waals surface area contributed by atoms with Gasteiger partial charge < -0.3 is 0 Å². The molecule has 0 aromatic carbocycles. The summed E-state index contributed by atoms with van der Waals surface area (Å²) >= 11 is 0. The molecule has 0 N–H and O–H groups in total. The van der Waals surface area contributed by atoms with Crippen molar-refractivity contribution < 1.29 is 0 Å². The molecule has 1 unspecified atom stereocenters. The Hall–Kier alpha value is -0.520. The van der Waals surface area contributed by atoms with E-state index in [0.717, 1.165) is 5.92 Å². The topological polar surface area (TPSA) is 0 Å². The Morgan fingerprint density at radius 1 is 1.33 bits per heavy atom. The van der Waals surface area contributed by atoms with Gasteiger partial charge in [-0.25, -0.2) is 0 Å². The zero-order chi connectivity index (χ0) is 8.77. The Morgan fingerprint density at radius 3 is 2.75 bits per heavy atom. The maximum atomic E-state index is 2.36. The van der Waals surface area contributed by atoms with E-state index in [1.807, 2.05) is 0 Å². The SMILES string of the molecule is CC(C)(C)C1CCC2=C1C=CC2. The lowest BCUT2D eigenvalue weighted by Crippen LogP contribution is -2.19. The zero-order valence-electron chi connectivity index (χ0n) is 8.35. The lowest BCUT2D eigenvalue weighted by Gasteiger charge is -2.28. The number of rotatable bonds is 0. The maximum absolute atomic E-state index is 2.36. The fourth-order valence-corrected chi connectivity index (χ4v) is 2.55. The van der Waals surface area contributed by atoms with Gasteiger partial charge in [0.1, 0.15) is 0 Å². The van der Waals surface area contributed by atoms with Crippen LogP contribution in [-0.2, 0) is 0 Å². The molecule has 0 aromatic rings. The fraction of sp³-hybridized carbons (Fsp3) is 0.667. The highest BCUT2D eigenvalue weighted by Crippen LogP contribution is 2.46. The molecule has 0 spiro atoms. The summed E-state index contributed by atoms with van der Waals surface area (Å²) in [5, 5.41) is 0. The maximum Gasteiger partial charge on any atom is -0.0111 e. The third-order valence-electron chi connectivity index (χ3n) is 3.23. The van der Waals surface area contributed by atoms with Gasteiger partial charge in [-0.3, -0.25) is 0 Å². The minimum atomic E-state index is 0.464. The summed E-state index contributed by atoms with van der Waals surface area (Å²) in [6, 6.07) is 0. The summed E-state index contributed by atoms with van der Waals surface area (Å²) < 4.78 is 0. The molecule has 0 heterocycles. The fourth-order valence-electron chi connectivity index (χ4n) is 2.55. The summed E-state index contributed by atoms with van der Waals surface area (Å²) in [4.78, 5) is 0. The average molecular weight is 162 g/mol. The quantitative estimate of drug-likeness (QED) is 0.509. The van der Waals surface area contributed by atoms with Crippen molar-refractivity contribution in [2.75, 3.05) is 0 Å². The largest absolute Gasteiger partial charge is 0.0802 e. The second kappa shape index (κ2) is 2.48. The monoisotopic (exact) mass is 162 g/mol. The molecule has 2 aliphatic rings. The minimum Gasteiger partial charge on any atom is -0.0802 e. The van der Waals surface area contributed by atoms with E-state index in [0.29, 0.717) is 5.41 Å². The van der Waals surface area contributed by atoms with Gasteiger partial charge in [0.2, 0.25) is 0 Å². The molecule has 0 saturated heterocycles. The van der Waals surface area contributed by atoms with Crippen molar-refractivity contribution in [3.63, 3.8) is 0 Å². The molecular formula is C12H18. The van der Waals surface area contributed by atoms with Crippen LogP contribution in [0.5, 0.6) is 0 Å². The lowest BCUT2D eigenvalue weighted by molar-refractivity contribution is 0.281. The molecule has 0 saturated carbocycles. The van der Waals surface area contributed by atoms with Crippen molar-refractivity contribution in [1.29, 1.82) is 0 Å². The summed E-state index contributed by atoms with van der Waals surface area (Å²) in [5.41, 5.74) is 3.85. The van der Waals surface area contributed by atoms with Gasteiger partial charge in [0.25, 0.3) is 0 Å². The van der Waals surface area contributed by atoms with E-state index < -0.39 is 0 Å². The molecule has 66 valence electrons. The van der Waals surface area contributed by atoms with Crippen molar-refractivity contribution in [3.05, 3.63) is 23.3 Å². The van der Waals surface area contributed by atoms with Gasteiger partial charge in [0.05, 0.1) is 0 Å². The van der Waals surface area contributed by atoms with Crippen molar-refractivity contribution in [2.24, 2.45) is 11.3 Å². The highest BCUT2D eigenvalue weighted by atomic mass is 14.4. The van der Waals surface area contributed by atoms with Crippen LogP contribution in [0.25, 0.3) is 0 Å². The van der Waals surface area contributed by atoms with Crippen LogP contribution in [0.4, 0.5) is 0 Å². The zero-order valence-corrected chi connectivity index (χ0v) is 8.35. The van der Waals surface area contributed by atoms with Crippen LogP contribution in [0.15, 0.2) is 23.3 Å². The van der Waals surface area contributed by atoms with Crippen LogP contribution in [0.1, 0.15) is 40.0 Å². The van der Waals surface area contributed by atoms with Gasteiger partial charge in [-0.1, -0.05) is 38.5 Å². The molecule has 0 bridgehead atoms. The molecule has 12 heavy (non-hydrogen) atoms. The second-order valence-corrected chi connectivity index (χ2v) is 5.12. The van der Waals surface area contributed by atoms with Crippen molar-refractivity contribution in [3.8, 4) is 0 Å². The summed E-state index contributed by atoms with van der Waals surface area (Å²) in [6.07, 6.45) is 8.66. The van der Waals surface area contributed by atoms with Crippen LogP contribution in [0.3, 0.4) is 0 Å². The molecule has 1 atom stereocenters. The molecule has 2 aliphatic carbocycles. The van der Waals surface area contributed by atoms with Gasteiger partial charge in [0, 0.05) is 0 Å². The third kappa shape index (κ3) is 1.14. The lowest BCUT2D eigenvalue weighted by atomic mass is 9.77. The molecule has 0 aliphatic heterocycles. The smallest absolute Gasteiger partial charge is 0.0111 e. The number of hydrogen-bond acceptors (Lipinski definition) is 0. The average Bonchev–Trinajstić information content (AvgIpc) is 2.37. The Labute approximate surface area is 75.4 Å². The normalized spacial score (nSPS) is 28.4. The minimum absolute atomic E-state index is 0.464. The summed E-state index contributed by atoms with van der Waals surface area (Å²) in [6.45, 7) is 7.08. The van der Waals surface area contributed by atoms with Gasteiger partial charge in [-0.05, 0) is 36.2 Å². The molecule has 0 fully saturated rings. The Balaban J connectivity index is 2.26. The van der Waals surface area contributed by atoms with Crippen molar-refractivity contribution >= 4 is 0 Å². The standard InChI is InChI=1S/C12H18/c1-12(2,3)11-8-7-9-5-4-6-10(9)11/h4,6,11H,5,7-8H2,1-3H3. The van der Waals surface area contributed by atoms with Crippen LogP contribution in [0, 0.1) is 11.3 Å². The molecule has 0 radical (unpaired) electrons. The molecule has 2 rings (SSSR count). The molecule has 0 nitrogen and oxygen atoms in total. The molecular weight excluding hydrogens is 144 g/mol. The molecule has 0 aromatic heterocycles. The van der Waals surface area contributed by atoms with Crippen molar-refractivity contribution in [1.82, 2.24) is 0 Å². The Bertz CT molecular complexity index is 248. The first-order valence-electron chi connectivity index (χ1n) is 4.97. The Kier molecular flexibility index (Phi) is 1.67. The molecule has 0 heteroatoms. The predicted octanol–water partition coefficient (Wildman–Crippen LogP) is 3.70. The van der Waals surface area contributed by atoms with E-state index in [1.54, 1.807) is 11.1 Å². The third-order valence-corrected chi connectivity index (χ3v) is 3.23. The van der Waals surface area contributed by atoms with Gasteiger partial charge >= 0.3 is 0 Å². The van der Waals surface area contributed by atoms with Gasteiger partial charge in [-0.2, -0.15) is 0 Å². The first-order chi connectivity index (χ1) is 5.59. The number of hydrogen-bond donors (Lipinski definition) is 0. The van der Waals surface area contributed by atoms with E-state index >= 15 is 0 Å². The van der Waals surface area contributed by atoms with E-state index in [4.69, 9.17) is 0 Å². The van der Waals surface area contributed by atoms with Crippen LogP contribution < -0.4 is 0 Å². The van der Waals surface area contributed by atoms with Crippen LogP contribution >= 0.6 is 0 Å². The first kappa shape index (κ1) is 8.10. The first-order valence-corrected chi connectivity index (χ1v) is 4.97. The highest BCUT2D eigenvalue weighted by Gasteiger charge is 2.33. The van der Waals surface area contributed by atoms with E-state index in [1.165, 1.54) is 19.3 Å². The van der Waals surface area contributed by atoms with Gasteiger partial charge in [-0.15, -0.1) is 0 Å². The Morgan fingerprint density at radius 2 is 2.08 bits per heavy atom. The van der Waals surface area contributed by atoms with Crippen LogP contribution in [-0.4, -0.2) is 0 Å².